The molecule has 0 aliphatic heterocycles. The summed E-state index contributed by atoms with van der Waals surface area (Å²) in [7, 11) is 1.73. The highest BCUT2D eigenvalue weighted by Crippen LogP contribution is 2.16. The molecule has 0 bridgehead atoms. The molecular formula is C19H26FN3O2. The lowest BCUT2D eigenvalue weighted by Gasteiger charge is -2.27. The van der Waals surface area contributed by atoms with Gasteiger partial charge in [-0.05, 0) is 38.0 Å². The molecule has 0 N–H and O–H groups in total. The Hall–Kier alpha value is -2.21. The molecule has 0 saturated carbocycles. The molecule has 1 amide bonds. The fourth-order valence-electron chi connectivity index (χ4n) is 2.49. The van der Waals surface area contributed by atoms with Crippen LogP contribution in [0.3, 0.4) is 0 Å². The lowest BCUT2D eigenvalue weighted by molar-refractivity contribution is 0.0796. The second-order valence-corrected chi connectivity index (χ2v) is 6.24. The number of nitrogens with zero attached hydrogens (tertiary/aromatic N) is 3. The summed E-state index contributed by atoms with van der Waals surface area (Å²) in [6, 6.07) is 6.86. The van der Waals surface area contributed by atoms with Crippen LogP contribution in [0.2, 0.25) is 0 Å². The summed E-state index contributed by atoms with van der Waals surface area (Å²) in [6.07, 6.45) is 2.35. The minimum atomic E-state index is -0.242. The highest BCUT2D eigenvalue weighted by molar-refractivity contribution is 5.91. The number of amides is 1. The van der Waals surface area contributed by atoms with Gasteiger partial charge in [-0.3, -0.25) is 9.69 Å². The van der Waals surface area contributed by atoms with Gasteiger partial charge in [-0.25, -0.2) is 9.37 Å². The van der Waals surface area contributed by atoms with E-state index in [-0.39, 0.29) is 17.8 Å². The average molecular weight is 347 g/mol. The fraction of sp³-hybridized carbons (Fsp3) is 0.474. The number of carbonyl (C=O) groups excluding carboxylic acids is 1. The van der Waals surface area contributed by atoms with Crippen molar-refractivity contribution in [3.63, 3.8) is 0 Å². The topological polar surface area (TPSA) is 49.6 Å². The second-order valence-electron chi connectivity index (χ2n) is 6.24. The van der Waals surface area contributed by atoms with Crippen LogP contribution >= 0.6 is 0 Å². The number of hydrogen-bond acceptors (Lipinski definition) is 4. The van der Waals surface area contributed by atoms with Crippen molar-refractivity contribution >= 4 is 5.91 Å². The predicted molar refractivity (Wildman–Crippen MR) is 94.5 cm³/mol. The van der Waals surface area contributed by atoms with Crippen molar-refractivity contribution in [3.05, 3.63) is 53.5 Å². The number of halogens is 1. The van der Waals surface area contributed by atoms with Gasteiger partial charge in [0.2, 0.25) is 5.89 Å². The standard InChI is InChI=1S/C19H26FN3O2/c1-5-14(3)23(11-15-8-7-9-16(20)10-15)12-18-21-17(13-25-18)19(24)22(4)6-2/h7-10,13-14H,5-6,11-12H2,1-4H3. The molecule has 136 valence electrons. The van der Waals surface area contributed by atoms with Gasteiger partial charge in [-0.2, -0.15) is 0 Å². The van der Waals surface area contributed by atoms with E-state index in [0.717, 1.165) is 12.0 Å². The molecule has 25 heavy (non-hydrogen) atoms. The van der Waals surface area contributed by atoms with Crippen LogP contribution in [0.1, 0.15) is 49.1 Å². The molecule has 0 saturated heterocycles. The van der Waals surface area contributed by atoms with Crippen LogP contribution in [0, 0.1) is 5.82 Å². The zero-order valence-electron chi connectivity index (χ0n) is 15.3. The Kier molecular flexibility index (Phi) is 6.70. The second kappa shape index (κ2) is 8.76. The fourth-order valence-corrected chi connectivity index (χ4v) is 2.49. The van der Waals surface area contributed by atoms with Gasteiger partial charge in [0, 0.05) is 26.2 Å². The van der Waals surface area contributed by atoms with Gasteiger partial charge in [-0.1, -0.05) is 19.1 Å². The van der Waals surface area contributed by atoms with Crippen LogP contribution in [0.15, 0.2) is 34.9 Å². The number of benzene rings is 1. The molecule has 5 nitrogen and oxygen atoms in total. The van der Waals surface area contributed by atoms with E-state index >= 15 is 0 Å². The highest BCUT2D eigenvalue weighted by Gasteiger charge is 2.19. The molecule has 2 aromatic rings. The van der Waals surface area contributed by atoms with E-state index in [1.165, 1.54) is 18.4 Å². The van der Waals surface area contributed by atoms with Crippen molar-refractivity contribution in [2.45, 2.75) is 46.3 Å². The minimum Gasteiger partial charge on any atom is -0.447 e. The third-order valence-electron chi connectivity index (χ3n) is 4.42. The van der Waals surface area contributed by atoms with Gasteiger partial charge in [0.15, 0.2) is 5.69 Å². The van der Waals surface area contributed by atoms with E-state index in [9.17, 15) is 9.18 Å². The molecule has 1 atom stereocenters. The zero-order chi connectivity index (χ0) is 18.4. The smallest absolute Gasteiger partial charge is 0.275 e. The van der Waals surface area contributed by atoms with Crippen LogP contribution in [-0.4, -0.2) is 40.3 Å². The molecule has 0 aliphatic carbocycles. The number of oxazole rings is 1. The number of carbonyl (C=O) groups is 1. The summed E-state index contributed by atoms with van der Waals surface area (Å²) in [5.74, 6) is 0.0930. The first kappa shape index (κ1) is 19.1. The van der Waals surface area contributed by atoms with Gasteiger partial charge >= 0.3 is 0 Å². The average Bonchev–Trinajstić information content (AvgIpc) is 3.07. The first-order chi connectivity index (χ1) is 11.9. The predicted octanol–water partition coefficient (Wildman–Crippen LogP) is 3.71. The van der Waals surface area contributed by atoms with Crippen LogP contribution in [0.25, 0.3) is 0 Å². The van der Waals surface area contributed by atoms with E-state index in [0.29, 0.717) is 31.2 Å². The molecule has 0 spiro atoms. The summed E-state index contributed by atoms with van der Waals surface area (Å²) >= 11 is 0. The van der Waals surface area contributed by atoms with Crippen LogP contribution < -0.4 is 0 Å². The first-order valence-corrected chi connectivity index (χ1v) is 8.62. The molecular weight excluding hydrogens is 321 g/mol. The molecule has 1 aromatic carbocycles. The minimum absolute atomic E-state index is 0.155. The van der Waals surface area contributed by atoms with Gasteiger partial charge in [0.1, 0.15) is 12.1 Å². The molecule has 1 aromatic heterocycles. The van der Waals surface area contributed by atoms with Crippen molar-refractivity contribution in [2.24, 2.45) is 0 Å². The Balaban J connectivity index is 2.12. The lowest BCUT2D eigenvalue weighted by Crippen LogP contribution is -2.32. The SMILES string of the molecule is CCC(C)N(Cc1cccc(F)c1)Cc1nc(C(=O)N(C)CC)co1. The quantitative estimate of drug-likeness (QED) is 0.730. The summed E-state index contributed by atoms with van der Waals surface area (Å²) in [4.78, 5) is 20.2. The Morgan fingerprint density at radius 2 is 2.08 bits per heavy atom. The first-order valence-electron chi connectivity index (χ1n) is 8.62. The summed E-state index contributed by atoms with van der Waals surface area (Å²) in [6.45, 7) is 7.78. The van der Waals surface area contributed by atoms with Crippen molar-refractivity contribution in [3.8, 4) is 0 Å². The molecule has 0 fully saturated rings. The maximum absolute atomic E-state index is 13.4. The third kappa shape index (κ3) is 5.13. The number of hydrogen-bond donors (Lipinski definition) is 0. The third-order valence-corrected chi connectivity index (χ3v) is 4.42. The maximum Gasteiger partial charge on any atom is 0.275 e. The zero-order valence-corrected chi connectivity index (χ0v) is 15.3. The van der Waals surface area contributed by atoms with Gasteiger partial charge in [0.05, 0.1) is 6.54 Å². The molecule has 0 aliphatic rings. The van der Waals surface area contributed by atoms with Crippen LogP contribution in [0.4, 0.5) is 4.39 Å². The van der Waals surface area contributed by atoms with Crippen molar-refractivity contribution < 1.29 is 13.6 Å². The number of rotatable bonds is 8. The molecule has 6 heteroatoms. The van der Waals surface area contributed by atoms with Crippen molar-refractivity contribution in [2.75, 3.05) is 13.6 Å². The van der Waals surface area contributed by atoms with Gasteiger partial charge in [-0.15, -0.1) is 0 Å². The van der Waals surface area contributed by atoms with E-state index in [2.05, 4.69) is 23.7 Å². The van der Waals surface area contributed by atoms with Crippen molar-refractivity contribution in [1.82, 2.24) is 14.8 Å². The Bertz CT molecular complexity index is 701. The number of aromatic nitrogens is 1. The molecule has 2 rings (SSSR count). The van der Waals surface area contributed by atoms with E-state index < -0.39 is 0 Å². The lowest BCUT2D eigenvalue weighted by atomic mass is 10.1. The summed E-state index contributed by atoms with van der Waals surface area (Å²) in [5, 5.41) is 0. The molecule has 0 radical (unpaired) electrons. The Labute approximate surface area is 148 Å². The van der Waals surface area contributed by atoms with Gasteiger partial charge < -0.3 is 9.32 Å². The monoisotopic (exact) mass is 347 g/mol. The molecule has 1 heterocycles. The summed E-state index contributed by atoms with van der Waals surface area (Å²) in [5.41, 5.74) is 1.21. The highest BCUT2D eigenvalue weighted by atomic mass is 19.1. The molecule has 1 unspecified atom stereocenters. The largest absolute Gasteiger partial charge is 0.447 e. The van der Waals surface area contributed by atoms with E-state index in [1.807, 2.05) is 13.0 Å². The Morgan fingerprint density at radius 1 is 1.32 bits per heavy atom. The summed E-state index contributed by atoms with van der Waals surface area (Å²) < 4.78 is 18.9. The van der Waals surface area contributed by atoms with Crippen molar-refractivity contribution in [1.29, 1.82) is 0 Å². The van der Waals surface area contributed by atoms with Crippen LogP contribution in [0.5, 0.6) is 0 Å². The van der Waals surface area contributed by atoms with E-state index in [1.54, 1.807) is 18.0 Å². The van der Waals surface area contributed by atoms with Crippen LogP contribution in [-0.2, 0) is 13.1 Å². The van der Waals surface area contributed by atoms with E-state index in [4.69, 9.17) is 4.42 Å². The Morgan fingerprint density at radius 3 is 2.72 bits per heavy atom. The normalized spacial score (nSPS) is 12.4. The maximum atomic E-state index is 13.4. The van der Waals surface area contributed by atoms with Gasteiger partial charge in [0.25, 0.3) is 5.91 Å².